The Hall–Kier alpha value is -0.0800. The lowest BCUT2D eigenvalue weighted by atomic mass is 9.76. The van der Waals surface area contributed by atoms with Crippen LogP contribution in [-0.4, -0.2) is 37.6 Å². The Balaban J connectivity index is 1.85. The fraction of sp³-hybridized carbons (Fsp3) is 1.00. The highest BCUT2D eigenvalue weighted by Crippen LogP contribution is 2.33. The SMILES string of the molecule is CCC1CCC(NC)C(CN(C)C2CCC(C)CC2)C1. The van der Waals surface area contributed by atoms with Crippen LogP contribution in [0.15, 0.2) is 0 Å². The predicted molar refractivity (Wildman–Crippen MR) is 88.0 cm³/mol. The molecule has 0 saturated heterocycles. The standard InChI is InChI=1S/C18H36N2/c1-5-15-8-11-18(19-3)16(12-15)13-20(4)17-9-6-14(2)7-10-17/h14-19H,5-13H2,1-4H3. The molecule has 0 amide bonds. The first-order valence-corrected chi connectivity index (χ1v) is 9.01. The summed E-state index contributed by atoms with van der Waals surface area (Å²) in [4.78, 5) is 2.69. The second-order valence-corrected chi connectivity index (χ2v) is 7.60. The lowest BCUT2D eigenvalue weighted by molar-refractivity contribution is 0.107. The van der Waals surface area contributed by atoms with Crippen molar-refractivity contribution in [3.05, 3.63) is 0 Å². The highest BCUT2D eigenvalue weighted by atomic mass is 15.1. The monoisotopic (exact) mass is 280 g/mol. The zero-order valence-corrected chi connectivity index (χ0v) is 14.2. The molecule has 3 unspecified atom stereocenters. The molecule has 2 aliphatic rings. The van der Waals surface area contributed by atoms with Gasteiger partial charge in [0.2, 0.25) is 0 Å². The second-order valence-electron chi connectivity index (χ2n) is 7.60. The number of nitrogens with one attached hydrogen (secondary N) is 1. The van der Waals surface area contributed by atoms with E-state index in [9.17, 15) is 0 Å². The van der Waals surface area contributed by atoms with Crippen LogP contribution < -0.4 is 5.32 Å². The largest absolute Gasteiger partial charge is 0.317 e. The van der Waals surface area contributed by atoms with Gasteiger partial charge in [-0.1, -0.05) is 20.3 Å². The Morgan fingerprint density at radius 1 is 1.05 bits per heavy atom. The predicted octanol–water partition coefficient (Wildman–Crippen LogP) is 3.91. The summed E-state index contributed by atoms with van der Waals surface area (Å²) in [5.74, 6) is 2.80. The first-order chi connectivity index (χ1) is 9.63. The van der Waals surface area contributed by atoms with Crippen LogP contribution in [-0.2, 0) is 0 Å². The smallest absolute Gasteiger partial charge is 0.0105 e. The quantitative estimate of drug-likeness (QED) is 0.821. The van der Waals surface area contributed by atoms with Crippen molar-refractivity contribution in [2.24, 2.45) is 17.8 Å². The van der Waals surface area contributed by atoms with Gasteiger partial charge in [-0.15, -0.1) is 0 Å². The molecular weight excluding hydrogens is 244 g/mol. The van der Waals surface area contributed by atoms with Gasteiger partial charge in [0, 0.05) is 18.6 Å². The maximum absolute atomic E-state index is 3.59. The van der Waals surface area contributed by atoms with Gasteiger partial charge in [0.05, 0.1) is 0 Å². The van der Waals surface area contributed by atoms with E-state index < -0.39 is 0 Å². The van der Waals surface area contributed by atoms with Crippen LogP contribution in [0.5, 0.6) is 0 Å². The summed E-state index contributed by atoms with van der Waals surface area (Å²) in [6, 6.07) is 1.61. The van der Waals surface area contributed by atoms with Crippen molar-refractivity contribution in [3.63, 3.8) is 0 Å². The fourth-order valence-electron chi connectivity index (χ4n) is 4.52. The lowest BCUT2D eigenvalue weighted by Crippen LogP contribution is -2.46. The van der Waals surface area contributed by atoms with E-state index in [1.165, 1.54) is 57.9 Å². The van der Waals surface area contributed by atoms with Crippen LogP contribution in [0.4, 0.5) is 0 Å². The van der Waals surface area contributed by atoms with E-state index in [-0.39, 0.29) is 0 Å². The molecule has 3 atom stereocenters. The van der Waals surface area contributed by atoms with Gasteiger partial charge >= 0.3 is 0 Å². The van der Waals surface area contributed by atoms with E-state index in [4.69, 9.17) is 0 Å². The van der Waals surface area contributed by atoms with Crippen LogP contribution in [0.1, 0.15) is 65.2 Å². The van der Waals surface area contributed by atoms with E-state index in [0.29, 0.717) is 0 Å². The van der Waals surface area contributed by atoms with Crippen molar-refractivity contribution in [1.82, 2.24) is 10.2 Å². The Labute approximate surface area is 126 Å². The summed E-state index contributed by atoms with van der Waals surface area (Å²) < 4.78 is 0. The van der Waals surface area contributed by atoms with Crippen molar-refractivity contribution in [3.8, 4) is 0 Å². The Bertz CT molecular complexity index is 271. The van der Waals surface area contributed by atoms with E-state index in [1.807, 2.05) is 0 Å². The number of hydrogen-bond acceptors (Lipinski definition) is 2. The zero-order chi connectivity index (χ0) is 14.5. The minimum Gasteiger partial charge on any atom is -0.317 e. The van der Waals surface area contributed by atoms with Crippen molar-refractivity contribution < 1.29 is 0 Å². The lowest BCUT2D eigenvalue weighted by Gasteiger charge is -2.41. The summed E-state index contributed by atoms with van der Waals surface area (Å²) in [7, 11) is 4.54. The Morgan fingerprint density at radius 3 is 2.35 bits per heavy atom. The molecule has 0 bridgehead atoms. The van der Waals surface area contributed by atoms with Gasteiger partial charge in [0.15, 0.2) is 0 Å². The van der Waals surface area contributed by atoms with E-state index in [2.05, 4.69) is 38.2 Å². The van der Waals surface area contributed by atoms with Crippen LogP contribution in [0.25, 0.3) is 0 Å². The van der Waals surface area contributed by atoms with Gasteiger partial charge in [0.1, 0.15) is 0 Å². The van der Waals surface area contributed by atoms with Gasteiger partial charge in [-0.3, -0.25) is 0 Å². The van der Waals surface area contributed by atoms with Crippen LogP contribution >= 0.6 is 0 Å². The van der Waals surface area contributed by atoms with E-state index in [1.54, 1.807) is 0 Å². The fourth-order valence-corrected chi connectivity index (χ4v) is 4.52. The summed E-state index contributed by atoms with van der Waals surface area (Å²) >= 11 is 0. The highest BCUT2D eigenvalue weighted by Gasteiger charge is 2.31. The topological polar surface area (TPSA) is 15.3 Å². The molecule has 0 aliphatic heterocycles. The third-order valence-electron chi connectivity index (χ3n) is 6.17. The number of rotatable bonds is 5. The molecule has 2 rings (SSSR count). The third kappa shape index (κ3) is 4.21. The minimum atomic E-state index is 0.753. The summed E-state index contributed by atoms with van der Waals surface area (Å²) in [5, 5.41) is 3.59. The average molecular weight is 280 g/mol. The van der Waals surface area contributed by atoms with Gasteiger partial charge in [-0.25, -0.2) is 0 Å². The highest BCUT2D eigenvalue weighted by molar-refractivity contribution is 4.87. The second kappa shape index (κ2) is 7.79. The molecule has 0 radical (unpaired) electrons. The van der Waals surface area contributed by atoms with Crippen LogP contribution in [0.2, 0.25) is 0 Å². The molecule has 0 aromatic heterocycles. The molecule has 0 aromatic rings. The van der Waals surface area contributed by atoms with Gasteiger partial charge in [-0.05, 0) is 76.8 Å². The Morgan fingerprint density at radius 2 is 1.75 bits per heavy atom. The molecule has 0 heterocycles. The van der Waals surface area contributed by atoms with Gasteiger partial charge < -0.3 is 10.2 Å². The minimum absolute atomic E-state index is 0.753. The molecule has 20 heavy (non-hydrogen) atoms. The van der Waals surface area contributed by atoms with Crippen LogP contribution in [0, 0.1) is 17.8 Å². The maximum atomic E-state index is 3.59. The normalized spacial score (nSPS) is 39.1. The molecule has 0 spiro atoms. The molecule has 2 heteroatoms. The Kier molecular flexibility index (Phi) is 6.35. The summed E-state index contributed by atoms with van der Waals surface area (Å²) in [5.41, 5.74) is 0. The molecule has 2 aliphatic carbocycles. The van der Waals surface area contributed by atoms with Crippen molar-refractivity contribution in [1.29, 1.82) is 0 Å². The van der Waals surface area contributed by atoms with E-state index >= 15 is 0 Å². The maximum Gasteiger partial charge on any atom is 0.0105 e. The summed E-state index contributed by atoms with van der Waals surface area (Å²) in [6.07, 6.45) is 11.3. The van der Waals surface area contributed by atoms with Gasteiger partial charge in [-0.2, -0.15) is 0 Å². The first kappa shape index (κ1) is 16.3. The summed E-state index contributed by atoms with van der Waals surface area (Å²) in [6.45, 7) is 6.09. The zero-order valence-electron chi connectivity index (χ0n) is 14.2. The third-order valence-corrected chi connectivity index (χ3v) is 6.17. The molecule has 2 fully saturated rings. The van der Waals surface area contributed by atoms with Crippen molar-refractivity contribution in [2.45, 2.75) is 77.3 Å². The van der Waals surface area contributed by atoms with Gasteiger partial charge in [0.25, 0.3) is 0 Å². The molecule has 1 N–H and O–H groups in total. The molecule has 2 nitrogen and oxygen atoms in total. The molecule has 118 valence electrons. The molecule has 2 saturated carbocycles. The molecule has 0 aromatic carbocycles. The first-order valence-electron chi connectivity index (χ1n) is 9.01. The number of nitrogens with zero attached hydrogens (tertiary/aromatic N) is 1. The average Bonchev–Trinajstić information content (AvgIpc) is 2.47. The van der Waals surface area contributed by atoms with Crippen LogP contribution in [0.3, 0.4) is 0 Å². The van der Waals surface area contributed by atoms with Crippen molar-refractivity contribution in [2.75, 3.05) is 20.6 Å². The van der Waals surface area contributed by atoms with E-state index in [0.717, 1.165) is 29.8 Å². The number of hydrogen-bond donors (Lipinski definition) is 1. The molecular formula is C18H36N2. The van der Waals surface area contributed by atoms with Crippen molar-refractivity contribution >= 4 is 0 Å².